The SMILES string of the molecule is COC(=O)c1ccc(-c2cc(Br)c3ncnn3c2)cc1. The lowest BCUT2D eigenvalue weighted by Crippen LogP contribution is -2.00. The normalized spacial score (nSPS) is 10.7. The van der Waals surface area contributed by atoms with Crippen LogP contribution >= 0.6 is 15.9 Å². The molecule has 0 aliphatic carbocycles. The third-order valence-electron chi connectivity index (χ3n) is 2.97. The summed E-state index contributed by atoms with van der Waals surface area (Å²) < 4.78 is 7.25. The van der Waals surface area contributed by atoms with Gasteiger partial charge in [0.05, 0.1) is 17.1 Å². The van der Waals surface area contributed by atoms with Crippen molar-refractivity contribution in [2.45, 2.75) is 0 Å². The van der Waals surface area contributed by atoms with Crippen LogP contribution in [0.1, 0.15) is 10.4 Å². The Balaban J connectivity index is 2.04. The second-order valence-electron chi connectivity index (χ2n) is 4.17. The van der Waals surface area contributed by atoms with Gasteiger partial charge in [-0.05, 0) is 39.7 Å². The number of hydrogen-bond donors (Lipinski definition) is 0. The predicted molar refractivity (Wildman–Crippen MR) is 77.5 cm³/mol. The molecule has 0 saturated heterocycles. The summed E-state index contributed by atoms with van der Waals surface area (Å²) >= 11 is 3.48. The van der Waals surface area contributed by atoms with Gasteiger partial charge in [0.1, 0.15) is 6.33 Å². The standard InChI is InChI=1S/C14H10BrN3O2/c1-20-14(19)10-4-2-9(3-5-10)11-6-12(15)13-16-8-17-18(13)7-11/h2-8H,1H3. The summed E-state index contributed by atoms with van der Waals surface area (Å²) in [4.78, 5) is 15.5. The Hall–Kier alpha value is -2.21. The van der Waals surface area contributed by atoms with Gasteiger partial charge in [-0.1, -0.05) is 12.1 Å². The number of halogens is 1. The number of nitrogens with zero attached hydrogens (tertiary/aromatic N) is 3. The van der Waals surface area contributed by atoms with E-state index in [-0.39, 0.29) is 5.97 Å². The smallest absolute Gasteiger partial charge is 0.337 e. The van der Waals surface area contributed by atoms with Crippen molar-refractivity contribution < 1.29 is 9.53 Å². The van der Waals surface area contributed by atoms with Crippen LogP contribution in [0.25, 0.3) is 16.8 Å². The van der Waals surface area contributed by atoms with Gasteiger partial charge in [-0.3, -0.25) is 0 Å². The molecule has 0 unspecified atom stereocenters. The fourth-order valence-corrected chi connectivity index (χ4v) is 2.49. The molecule has 100 valence electrons. The molecule has 0 bridgehead atoms. The van der Waals surface area contributed by atoms with Gasteiger partial charge in [-0.2, -0.15) is 5.10 Å². The molecule has 20 heavy (non-hydrogen) atoms. The van der Waals surface area contributed by atoms with Gasteiger partial charge in [0.25, 0.3) is 0 Å². The molecule has 2 heterocycles. The van der Waals surface area contributed by atoms with Crippen molar-refractivity contribution in [3.8, 4) is 11.1 Å². The van der Waals surface area contributed by atoms with Crippen molar-refractivity contribution >= 4 is 27.5 Å². The Morgan fingerprint density at radius 1 is 1.25 bits per heavy atom. The quantitative estimate of drug-likeness (QED) is 0.677. The minimum absolute atomic E-state index is 0.343. The Bertz CT molecular complexity index is 781. The summed E-state index contributed by atoms with van der Waals surface area (Å²) in [5.41, 5.74) is 3.25. The molecule has 0 saturated carbocycles. The molecular weight excluding hydrogens is 322 g/mol. The average molecular weight is 332 g/mol. The summed E-state index contributed by atoms with van der Waals surface area (Å²) in [5.74, 6) is -0.343. The summed E-state index contributed by atoms with van der Waals surface area (Å²) in [6.07, 6.45) is 3.39. The van der Waals surface area contributed by atoms with Crippen LogP contribution in [0.4, 0.5) is 0 Å². The van der Waals surface area contributed by atoms with E-state index in [9.17, 15) is 4.79 Å². The van der Waals surface area contributed by atoms with Crippen molar-refractivity contribution in [2.24, 2.45) is 0 Å². The van der Waals surface area contributed by atoms with E-state index < -0.39 is 0 Å². The molecule has 0 radical (unpaired) electrons. The van der Waals surface area contributed by atoms with E-state index in [1.165, 1.54) is 13.4 Å². The molecule has 3 aromatic rings. The molecule has 0 N–H and O–H groups in total. The Morgan fingerprint density at radius 2 is 2.00 bits per heavy atom. The summed E-state index contributed by atoms with van der Waals surface area (Å²) in [6.45, 7) is 0. The van der Waals surface area contributed by atoms with Crippen LogP contribution in [0.3, 0.4) is 0 Å². The zero-order chi connectivity index (χ0) is 14.1. The van der Waals surface area contributed by atoms with E-state index in [0.717, 1.165) is 21.2 Å². The number of rotatable bonds is 2. The first-order valence-corrected chi connectivity index (χ1v) is 6.66. The average Bonchev–Trinajstić information content (AvgIpc) is 2.95. The third-order valence-corrected chi connectivity index (χ3v) is 3.55. The van der Waals surface area contributed by atoms with Crippen LogP contribution in [0, 0.1) is 0 Å². The van der Waals surface area contributed by atoms with Crippen molar-refractivity contribution in [2.75, 3.05) is 7.11 Å². The molecule has 3 rings (SSSR count). The Labute approximate surface area is 123 Å². The lowest BCUT2D eigenvalue weighted by molar-refractivity contribution is 0.0601. The zero-order valence-electron chi connectivity index (χ0n) is 10.6. The predicted octanol–water partition coefficient (Wildman–Crippen LogP) is 2.95. The maximum absolute atomic E-state index is 11.4. The van der Waals surface area contributed by atoms with Crippen molar-refractivity contribution in [1.29, 1.82) is 0 Å². The number of carbonyl (C=O) groups excluding carboxylic acids is 1. The highest BCUT2D eigenvalue weighted by Crippen LogP contribution is 2.25. The Morgan fingerprint density at radius 3 is 2.70 bits per heavy atom. The van der Waals surface area contributed by atoms with E-state index in [2.05, 4.69) is 30.7 Å². The molecule has 0 atom stereocenters. The number of ether oxygens (including phenoxy) is 1. The first kappa shape index (κ1) is 12.8. The number of benzene rings is 1. The number of aromatic nitrogens is 3. The van der Waals surface area contributed by atoms with Crippen LogP contribution in [0.15, 0.2) is 47.3 Å². The van der Waals surface area contributed by atoms with E-state index in [1.54, 1.807) is 16.6 Å². The number of hydrogen-bond acceptors (Lipinski definition) is 4. The first-order chi connectivity index (χ1) is 9.69. The van der Waals surface area contributed by atoms with Crippen LogP contribution in [-0.4, -0.2) is 27.7 Å². The second kappa shape index (κ2) is 5.05. The van der Waals surface area contributed by atoms with Gasteiger partial charge in [0.2, 0.25) is 0 Å². The third kappa shape index (κ3) is 2.18. The zero-order valence-corrected chi connectivity index (χ0v) is 12.2. The van der Waals surface area contributed by atoms with E-state index >= 15 is 0 Å². The largest absolute Gasteiger partial charge is 0.465 e. The van der Waals surface area contributed by atoms with E-state index in [4.69, 9.17) is 0 Å². The maximum atomic E-state index is 11.4. The van der Waals surface area contributed by atoms with Crippen molar-refractivity contribution in [3.05, 3.63) is 52.9 Å². The van der Waals surface area contributed by atoms with E-state index in [1.807, 2.05) is 24.4 Å². The number of esters is 1. The fraction of sp³-hybridized carbons (Fsp3) is 0.0714. The molecule has 0 aliphatic heterocycles. The van der Waals surface area contributed by atoms with Crippen molar-refractivity contribution in [3.63, 3.8) is 0 Å². The van der Waals surface area contributed by atoms with Gasteiger partial charge in [-0.25, -0.2) is 14.3 Å². The monoisotopic (exact) mass is 331 g/mol. The minimum atomic E-state index is -0.343. The summed E-state index contributed by atoms with van der Waals surface area (Å²) in [7, 11) is 1.37. The van der Waals surface area contributed by atoms with Crippen LogP contribution in [-0.2, 0) is 4.74 Å². The minimum Gasteiger partial charge on any atom is -0.465 e. The first-order valence-electron chi connectivity index (χ1n) is 5.86. The fourth-order valence-electron chi connectivity index (χ4n) is 1.96. The van der Waals surface area contributed by atoms with Crippen LogP contribution in [0.2, 0.25) is 0 Å². The topological polar surface area (TPSA) is 56.5 Å². The van der Waals surface area contributed by atoms with Crippen molar-refractivity contribution in [1.82, 2.24) is 14.6 Å². The molecule has 1 aromatic carbocycles. The summed E-state index contributed by atoms with van der Waals surface area (Å²) in [5, 5.41) is 4.13. The molecule has 2 aromatic heterocycles. The molecule has 0 amide bonds. The highest BCUT2D eigenvalue weighted by atomic mass is 79.9. The number of methoxy groups -OCH3 is 1. The lowest BCUT2D eigenvalue weighted by Gasteiger charge is -2.05. The molecule has 5 nitrogen and oxygen atoms in total. The molecule has 0 aliphatic rings. The van der Waals surface area contributed by atoms with Gasteiger partial charge >= 0.3 is 5.97 Å². The molecular formula is C14H10BrN3O2. The second-order valence-corrected chi connectivity index (χ2v) is 5.03. The lowest BCUT2D eigenvalue weighted by atomic mass is 10.1. The molecule has 6 heteroatoms. The van der Waals surface area contributed by atoms with Gasteiger partial charge in [0.15, 0.2) is 5.65 Å². The van der Waals surface area contributed by atoms with Gasteiger partial charge in [-0.15, -0.1) is 0 Å². The molecule has 0 fully saturated rings. The molecule has 0 spiro atoms. The van der Waals surface area contributed by atoms with Crippen LogP contribution in [0.5, 0.6) is 0 Å². The maximum Gasteiger partial charge on any atom is 0.337 e. The number of pyridine rings is 1. The number of carbonyl (C=O) groups is 1. The van der Waals surface area contributed by atoms with E-state index in [0.29, 0.717) is 5.56 Å². The summed E-state index contributed by atoms with van der Waals surface area (Å²) in [6, 6.07) is 9.19. The highest BCUT2D eigenvalue weighted by molar-refractivity contribution is 9.10. The highest BCUT2D eigenvalue weighted by Gasteiger charge is 2.08. The van der Waals surface area contributed by atoms with Gasteiger partial charge < -0.3 is 4.74 Å². The number of fused-ring (bicyclic) bond motifs is 1. The van der Waals surface area contributed by atoms with Gasteiger partial charge in [0, 0.05) is 11.8 Å². The van der Waals surface area contributed by atoms with Crippen LogP contribution < -0.4 is 0 Å². The Kier molecular flexibility index (Phi) is 3.23.